The van der Waals surface area contributed by atoms with Gasteiger partial charge in [-0.25, -0.2) is 8.42 Å². The van der Waals surface area contributed by atoms with Gasteiger partial charge in [0, 0.05) is 18.7 Å². The number of sulfone groups is 1. The Hall–Kier alpha value is -1.77. The summed E-state index contributed by atoms with van der Waals surface area (Å²) in [5.74, 6) is -3.10. The molecule has 0 aliphatic heterocycles. The van der Waals surface area contributed by atoms with Gasteiger partial charge in [0.15, 0.2) is 0 Å². The van der Waals surface area contributed by atoms with E-state index in [1.165, 1.54) is 24.5 Å². The number of hydrogen-bond donors (Lipinski definition) is 1. The minimum atomic E-state index is -4.80. The Labute approximate surface area is 149 Å². The molecule has 1 aliphatic rings. The van der Waals surface area contributed by atoms with Crippen LogP contribution in [0.4, 0.5) is 8.78 Å². The average molecular weight is 392 g/mol. The number of nitrogens with zero attached hydrogens (tertiary/aromatic N) is 1. The predicted molar refractivity (Wildman–Crippen MR) is 90.0 cm³/mol. The molecule has 9 heteroatoms. The van der Waals surface area contributed by atoms with Crippen molar-refractivity contribution in [1.82, 2.24) is 4.98 Å². The molecule has 0 bridgehead atoms. The first kappa shape index (κ1) is 19.6. The second kappa shape index (κ2) is 8.07. The third kappa shape index (κ3) is 5.10. The van der Waals surface area contributed by atoms with Crippen molar-refractivity contribution in [3.8, 4) is 5.75 Å². The van der Waals surface area contributed by atoms with Gasteiger partial charge in [-0.1, -0.05) is 18.2 Å². The topological polar surface area (TPSA) is 76.5 Å². The highest BCUT2D eigenvalue weighted by Crippen LogP contribution is 2.28. The van der Waals surface area contributed by atoms with Crippen LogP contribution >= 0.6 is 11.6 Å². The van der Waals surface area contributed by atoms with E-state index in [2.05, 4.69) is 11.6 Å². The number of rotatable bonds is 4. The summed E-state index contributed by atoms with van der Waals surface area (Å²) in [5.41, 5.74) is 0.478. The van der Waals surface area contributed by atoms with Crippen LogP contribution in [0.1, 0.15) is 19.3 Å². The van der Waals surface area contributed by atoms with E-state index in [0.29, 0.717) is 17.0 Å². The summed E-state index contributed by atoms with van der Waals surface area (Å²) in [6.45, 7) is 3.83. The van der Waals surface area contributed by atoms with E-state index in [1.54, 1.807) is 0 Å². The normalized spacial score (nSPS) is 23.7. The van der Waals surface area contributed by atoms with E-state index >= 15 is 0 Å². The Morgan fingerprint density at radius 2 is 2.08 bits per heavy atom. The lowest BCUT2D eigenvalue weighted by atomic mass is 10.1. The molecule has 0 saturated heterocycles. The van der Waals surface area contributed by atoms with Crippen molar-refractivity contribution in [2.75, 3.05) is 0 Å². The number of aromatic nitrogens is 1. The summed E-state index contributed by atoms with van der Waals surface area (Å²) in [6.07, 6.45) is 4.03. The maximum atomic E-state index is 12.8. The van der Waals surface area contributed by atoms with Crippen molar-refractivity contribution < 1.29 is 27.0 Å². The van der Waals surface area contributed by atoms with Crippen LogP contribution in [0.25, 0.3) is 0 Å². The van der Waals surface area contributed by atoms with Crippen LogP contribution in [0, 0.1) is 0 Å². The van der Waals surface area contributed by atoms with E-state index in [0.717, 1.165) is 6.08 Å². The Morgan fingerprint density at radius 3 is 2.72 bits per heavy atom. The quantitative estimate of drug-likeness (QED) is 0.848. The van der Waals surface area contributed by atoms with E-state index in [-0.39, 0.29) is 17.9 Å². The summed E-state index contributed by atoms with van der Waals surface area (Å²) in [7, 11) is -4.80. The largest absolute Gasteiger partial charge is 0.455 e. The second-order valence-corrected chi connectivity index (χ2v) is 7.82. The number of ether oxygens (including phenoxy) is 1. The van der Waals surface area contributed by atoms with Crippen LogP contribution in [-0.4, -0.2) is 30.4 Å². The van der Waals surface area contributed by atoms with Crippen molar-refractivity contribution in [2.45, 2.75) is 31.1 Å². The molecule has 0 spiro atoms. The summed E-state index contributed by atoms with van der Waals surface area (Å²) in [4.78, 5) is 3.30. The molecule has 5 nitrogen and oxygen atoms in total. The molecule has 1 aromatic rings. The van der Waals surface area contributed by atoms with E-state index in [1.807, 2.05) is 0 Å². The van der Waals surface area contributed by atoms with Gasteiger partial charge in [-0.15, -0.1) is 0 Å². The number of hydrogen-bond acceptors (Lipinski definition) is 5. The second-order valence-electron chi connectivity index (χ2n) is 5.41. The van der Waals surface area contributed by atoms with Crippen LogP contribution < -0.4 is 4.74 Å². The first-order chi connectivity index (χ1) is 11.7. The number of aliphatic hydroxyl groups excluding tert-OH is 1. The van der Waals surface area contributed by atoms with Crippen molar-refractivity contribution in [3.63, 3.8) is 0 Å². The molecule has 0 amide bonds. The zero-order valence-corrected chi connectivity index (χ0v) is 14.6. The fourth-order valence-corrected chi connectivity index (χ4v) is 3.23. The fraction of sp³-hybridized carbons (Fsp3) is 0.312. The standard InChI is InChI=1S/C16H16ClF2NO4S/c1-10-2-3-12(21)7-14(25(22,23)16(18)19)4-5-15(10)24-13-6-11(17)8-20-9-13/h4-6,8-9,12,16,21H,1-3,7H2/b14-4+,15-5+/t12-/m1/s1. The molecule has 1 aromatic heterocycles. The Kier molecular flexibility index (Phi) is 6.31. The van der Waals surface area contributed by atoms with Gasteiger partial charge in [-0.05, 0) is 30.6 Å². The lowest BCUT2D eigenvalue weighted by Crippen LogP contribution is -2.18. The fourth-order valence-electron chi connectivity index (χ4n) is 2.16. The average Bonchev–Trinajstić information content (AvgIpc) is 2.60. The number of alkyl halides is 2. The third-order valence-electron chi connectivity index (χ3n) is 3.49. The smallest absolute Gasteiger partial charge is 0.340 e. The molecular weight excluding hydrogens is 376 g/mol. The number of aliphatic hydroxyl groups is 1. The monoisotopic (exact) mass is 391 g/mol. The maximum Gasteiger partial charge on any atom is 0.340 e. The Bertz CT molecular complexity index is 821. The zero-order chi connectivity index (χ0) is 18.6. The van der Waals surface area contributed by atoms with Gasteiger partial charge in [0.25, 0.3) is 0 Å². The summed E-state index contributed by atoms with van der Waals surface area (Å²) in [6, 6.07) is 1.49. The number of allylic oxidation sites excluding steroid dienone is 3. The number of halogens is 3. The third-order valence-corrected chi connectivity index (χ3v) is 5.20. The first-order valence-corrected chi connectivity index (χ1v) is 9.20. The van der Waals surface area contributed by atoms with Crippen molar-refractivity contribution in [1.29, 1.82) is 0 Å². The molecule has 0 radical (unpaired) electrons. The van der Waals surface area contributed by atoms with Crippen LogP contribution in [0.5, 0.6) is 5.75 Å². The minimum absolute atomic E-state index is 0.156. The van der Waals surface area contributed by atoms with Gasteiger partial charge in [0.2, 0.25) is 9.84 Å². The first-order valence-electron chi connectivity index (χ1n) is 7.27. The van der Waals surface area contributed by atoms with Gasteiger partial charge in [0.1, 0.15) is 11.5 Å². The van der Waals surface area contributed by atoms with Gasteiger partial charge in [-0.2, -0.15) is 8.78 Å². The highest BCUT2D eigenvalue weighted by Gasteiger charge is 2.30. The summed E-state index contributed by atoms with van der Waals surface area (Å²) >= 11 is 5.83. The Morgan fingerprint density at radius 1 is 1.36 bits per heavy atom. The lowest BCUT2D eigenvalue weighted by Gasteiger charge is -2.13. The molecule has 1 heterocycles. The molecule has 0 aromatic carbocycles. The molecule has 25 heavy (non-hydrogen) atoms. The Balaban J connectivity index is 2.41. The summed E-state index contributed by atoms with van der Waals surface area (Å²) in [5, 5.41) is 10.2. The van der Waals surface area contributed by atoms with Gasteiger partial charge in [0.05, 0.1) is 22.2 Å². The molecule has 1 N–H and O–H groups in total. The van der Waals surface area contributed by atoms with Crippen molar-refractivity contribution in [3.05, 3.63) is 58.5 Å². The highest BCUT2D eigenvalue weighted by atomic mass is 35.5. The highest BCUT2D eigenvalue weighted by molar-refractivity contribution is 7.95. The van der Waals surface area contributed by atoms with Gasteiger partial charge in [-0.3, -0.25) is 4.98 Å². The molecule has 2 rings (SSSR count). The minimum Gasteiger partial charge on any atom is -0.455 e. The van der Waals surface area contributed by atoms with Crippen molar-refractivity contribution in [2.24, 2.45) is 0 Å². The van der Waals surface area contributed by atoms with Crippen LogP contribution in [0.2, 0.25) is 5.02 Å². The van der Waals surface area contributed by atoms with E-state index < -0.39 is 33.0 Å². The van der Waals surface area contributed by atoms with E-state index in [9.17, 15) is 22.3 Å². The molecule has 0 unspecified atom stereocenters. The van der Waals surface area contributed by atoms with Crippen LogP contribution in [-0.2, 0) is 9.84 Å². The zero-order valence-electron chi connectivity index (χ0n) is 13.0. The molecule has 1 aliphatic carbocycles. The number of pyridine rings is 1. The molecule has 1 atom stereocenters. The van der Waals surface area contributed by atoms with Gasteiger partial charge >= 0.3 is 5.76 Å². The molecule has 136 valence electrons. The van der Waals surface area contributed by atoms with Crippen LogP contribution in [0.3, 0.4) is 0 Å². The molecular formula is C16H16ClF2NO4S. The van der Waals surface area contributed by atoms with Crippen LogP contribution in [0.15, 0.2) is 53.4 Å². The SMILES string of the molecule is C=C1CC[C@@H](O)C/C(S(=O)(=O)C(F)F)=C\C=C/1Oc1cncc(Cl)c1. The van der Waals surface area contributed by atoms with Crippen molar-refractivity contribution >= 4 is 21.4 Å². The summed E-state index contributed by atoms with van der Waals surface area (Å²) < 4.78 is 54.7. The maximum absolute atomic E-state index is 12.8. The lowest BCUT2D eigenvalue weighted by molar-refractivity contribution is 0.166. The molecule has 0 fully saturated rings. The predicted octanol–water partition coefficient (Wildman–Crippen LogP) is 3.62. The molecule has 0 saturated carbocycles. The van der Waals surface area contributed by atoms with Gasteiger partial charge < -0.3 is 9.84 Å². The van der Waals surface area contributed by atoms with E-state index in [4.69, 9.17) is 16.3 Å².